The lowest BCUT2D eigenvalue weighted by Crippen LogP contribution is -2.12. The molecule has 0 amide bonds. The molecule has 0 spiro atoms. The van der Waals surface area contributed by atoms with Crippen molar-refractivity contribution in [2.24, 2.45) is 5.14 Å². The number of sulfonamides is 1. The van der Waals surface area contributed by atoms with E-state index in [1.165, 1.54) is 6.07 Å². The van der Waals surface area contributed by atoms with Gasteiger partial charge in [0.05, 0.1) is 9.79 Å². The first-order valence-corrected chi connectivity index (χ1v) is 7.30. The lowest BCUT2D eigenvalue weighted by molar-refractivity contribution is 0.483. The summed E-state index contributed by atoms with van der Waals surface area (Å²) < 4.78 is 51.5. The van der Waals surface area contributed by atoms with Gasteiger partial charge in [0, 0.05) is 0 Å². The summed E-state index contributed by atoms with van der Waals surface area (Å²) in [7, 11) is -4.62. The summed E-state index contributed by atoms with van der Waals surface area (Å²) in [6, 6.07) is 4.14. The number of hydrogen-bond donors (Lipinski definition) is 3. The zero-order valence-electron chi connectivity index (χ0n) is 9.28. The average molecular weight is 282 g/mol. The Balaban J connectivity index is 0.000000770. The van der Waals surface area contributed by atoms with Crippen LogP contribution in [-0.2, 0) is 20.1 Å². The fourth-order valence-corrected chi connectivity index (χ4v) is 1.97. The van der Waals surface area contributed by atoms with Crippen molar-refractivity contribution in [3.05, 3.63) is 24.3 Å². The quantitative estimate of drug-likeness (QED) is 0.623. The van der Waals surface area contributed by atoms with Crippen LogP contribution in [0.4, 0.5) is 0 Å². The van der Waals surface area contributed by atoms with Crippen LogP contribution in [0.3, 0.4) is 0 Å². The minimum atomic E-state index is -4.41. The Morgan fingerprint density at radius 1 is 1.12 bits per heavy atom. The molecule has 7 nitrogen and oxygen atoms in total. The van der Waals surface area contributed by atoms with Crippen LogP contribution in [0.2, 0.25) is 0 Å². The lowest BCUT2D eigenvalue weighted by atomic mass is 10.4. The molecule has 1 rings (SSSR count). The predicted octanol–water partition coefficient (Wildman–Crippen LogP) is -0.584. The summed E-state index contributed by atoms with van der Waals surface area (Å²) in [6.07, 6.45) is 0. The highest BCUT2D eigenvalue weighted by atomic mass is 32.2. The molecule has 0 aromatic heterocycles. The molecule has 0 heterocycles. The topological polar surface area (TPSA) is 127 Å². The zero-order valence-corrected chi connectivity index (χ0v) is 10.9. The summed E-state index contributed by atoms with van der Waals surface area (Å²) in [5.74, 6) is 0. The van der Waals surface area contributed by atoms with Crippen LogP contribution in [0.5, 0.6) is 0 Å². The van der Waals surface area contributed by atoms with Crippen molar-refractivity contribution in [1.29, 1.82) is 0 Å². The van der Waals surface area contributed by atoms with Gasteiger partial charge in [0.2, 0.25) is 10.0 Å². The van der Waals surface area contributed by atoms with Crippen molar-refractivity contribution in [1.82, 2.24) is 5.32 Å². The van der Waals surface area contributed by atoms with Gasteiger partial charge < -0.3 is 5.32 Å². The molecule has 0 unspecified atom stereocenters. The molecular weight excluding hydrogens is 268 g/mol. The maximum absolute atomic E-state index is 10.8. The summed E-state index contributed by atoms with van der Waals surface area (Å²) in [6.45, 7) is 0. The van der Waals surface area contributed by atoms with Crippen LogP contribution in [0.15, 0.2) is 34.1 Å². The molecule has 0 bridgehead atoms. The van der Waals surface area contributed by atoms with Gasteiger partial charge in [-0.1, -0.05) is 6.07 Å². The van der Waals surface area contributed by atoms with E-state index in [9.17, 15) is 16.8 Å². The monoisotopic (exact) mass is 282 g/mol. The molecule has 1 aromatic rings. The molecule has 0 saturated carbocycles. The molecule has 0 aliphatic heterocycles. The average Bonchev–Trinajstić information content (AvgIpc) is 2.16. The predicted molar refractivity (Wildman–Crippen MR) is 62.6 cm³/mol. The van der Waals surface area contributed by atoms with Gasteiger partial charge in [-0.05, 0) is 32.3 Å². The second kappa shape index (κ2) is 6.07. The maximum atomic E-state index is 10.8. The van der Waals surface area contributed by atoms with Crippen molar-refractivity contribution >= 4 is 20.1 Å². The number of rotatable bonds is 2. The van der Waals surface area contributed by atoms with Gasteiger partial charge >= 0.3 is 0 Å². The third kappa shape index (κ3) is 5.75. The Hall–Kier alpha value is -1.00. The number of nitrogens with two attached hydrogens (primary N) is 1. The molecule has 0 saturated heterocycles. The first-order chi connectivity index (χ1) is 7.62. The third-order valence-corrected chi connectivity index (χ3v) is 3.19. The first kappa shape index (κ1) is 16.0. The van der Waals surface area contributed by atoms with Gasteiger partial charge in [-0.25, -0.2) is 13.6 Å². The maximum Gasteiger partial charge on any atom is 0.294 e. The minimum Gasteiger partial charge on any atom is -0.323 e. The molecular formula is C8H14N2O5S2. The Morgan fingerprint density at radius 3 is 1.88 bits per heavy atom. The fourth-order valence-electron chi connectivity index (χ4n) is 0.812. The van der Waals surface area contributed by atoms with E-state index in [0.29, 0.717) is 0 Å². The molecule has 0 fully saturated rings. The summed E-state index contributed by atoms with van der Waals surface area (Å²) in [4.78, 5) is -0.878. The normalized spacial score (nSPS) is 11.5. The van der Waals surface area contributed by atoms with E-state index in [0.717, 1.165) is 18.2 Å². The standard InChI is InChI=1S/C6H7NO5S2.C2H7N/c7-13(8,9)5-2-1-3-6(4-5)14(10,11)12;1-3-2/h1-4H,(H2,7,8,9)(H,10,11,12);3H,1-2H3. The van der Waals surface area contributed by atoms with Gasteiger partial charge in [0.15, 0.2) is 0 Å². The van der Waals surface area contributed by atoms with Gasteiger partial charge in [-0.2, -0.15) is 8.42 Å². The van der Waals surface area contributed by atoms with Crippen molar-refractivity contribution < 1.29 is 21.4 Å². The van der Waals surface area contributed by atoms with Crippen LogP contribution in [0, 0.1) is 0 Å². The van der Waals surface area contributed by atoms with E-state index in [2.05, 4.69) is 5.32 Å². The second-order valence-electron chi connectivity index (χ2n) is 2.99. The largest absolute Gasteiger partial charge is 0.323 e. The highest BCUT2D eigenvalue weighted by Crippen LogP contribution is 2.13. The van der Waals surface area contributed by atoms with Crippen LogP contribution in [-0.4, -0.2) is 35.5 Å². The SMILES string of the molecule is CNC.NS(=O)(=O)c1cccc(S(=O)(=O)O)c1. The van der Waals surface area contributed by atoms with E-state index >= 15 is 0 Å². The lowest BCUT2D eigenvalue weighted by Gasteiger charge is -1.99. The molecule has 9 heteroatoms. The van der Waals surface area contributed by atoms with Gasteiger partial charge in [0.25, 0.3) is 10.1 Å². The van der Waals surface area contributed by atoms with Crippen molar-refractivity contribution in [2.45, 2.75) is 9.79 Å². The summed E-state index contributed by atoms with van der Waals surface area (Å²) in [5, 5.41) is 7.51. The number of hydrogen-bond acceptors (Lipinski definition) is 5. The van der Waals surface area contributed by atoms with Crippen LogP contribution in [0.25, 0.3) is 0 Å². The van der Waals surface area contributed by atoms with E-state index in [1.54, 1.807) is 0 Å². The van der Waals surface area contributed by atoms with Crippen LogP contribution < -0.4 is 10.5 Å². The van der Waals surface area contributed by atoms with E-state index in [4.69, 9.17) is 9.69 Å². The van der Waals surface area contributed by atoms with Gasteiger partial charge in [-0.3, -0.25) is 4.55 Å². The highest BCUT2D eigenvalue weighted by molar-refractivity contribution is 7.89. The minimum absolute atomic E-state index is 0.368. The van der Waals surface area contributed by atoms with E-state index in [-0.39, 0.29) is 4.90 Å². The molecule has 4 N–H and O–H groups in total. The number of benzene rings is 1. The van der Waals surface area contributed by atoms with Crippen molar-refractivity contribution in [3.63, 3.8) is 0 Å². The summed E-state index contributed by atoms with van der Waals surface area (Å²) in [5.41, 5.74) is 0. The Kier molecular flexibility index (Phi) is 5.72. The van der Waals surface area contributed by atoms with Crippen LogP contribution in [0.1, 0.15) is 0 Å². The molecule has 17 heavy (non-hydrogen) atoms. The molecule has 1 aromatic carbocycles. The van der Waals surface area contributed by atoms with Gasteiger partial charge in [-0.15, -0.1) is 0 Å². The molecule has 0 aliphatic rings. The van der Waals surface area contributed by atoms with Crippen molar-refractivity contribution in [3.8, 4) is 0 Å². The number of nitrogens with one attached hydrogen (secondary N) is 1. The van der Waals surface area contributed by atoms with Crippen molar-refractivity contribution in [2.75, 3.05) is 14.1 Å². The molecule has 0 aliphatic carbocycles. The van der Waals surface area contributed by atoms with Crippen LogP contribution >= 0.6 is 0 Å². The third-order valence-electron chi connectivity index (χ3n) is 1.43. The number of primary sulfonamides is 1. The molecule has 0 atom stereocenters. The Morgan fingerprint density at radius 2 is 1.53 bits per heavy atom. The van der Waals surface area contributed by atoms with Gasteiger partial charge in [0.1, 0.15) is 0 Å². The highest BCUT2D eigenvalue weighted by Gasteiger charge is 2.14. The van der Waals surface area contributed by atoms with E-state index < -0.39 is 25.0 Å². The Labute approximate surface area is 100 Å². The zero-order chi connectivity index (χ0) is 13.7. The molecule has 98 valence electrons. The Bertz CT molecular complexity index is 518. The smallest absolute Gasteiger partial charge is 0.294 e. The molecule has 0 radical (unpaired) electrons. The second-order valence-corrected chi connectivity index (χ2v) is 5.98. The van der Waals surface area contributed by atoms with E-state index in [1.807, 2.05) is 14.1 Å². The summed E-state index contributed by atoms with van der Waals surface area (Å²) >= 11 is 0. The first-order valence-electron chi connectivity index (χ1n) is 4.31. The fraction of sp³-hybridized carbons (Fsp3) is 0.250.